The third kappa shape index (κ3) is 5.03. The van der Waals surface area contributed by atoms with E-state index in [0.29, 0.717) is 11.8 Å². The summed E-state index contributed by atoms with van der Waals surface area (Å²) in [7, 11) is 0. The monoisotopic (exact) mass is 229 g/mol. The molecule has 15 heavy (non-hydrogen) atoms. The van der Waals surface area contributed by atoms with Crippen LogP contribution in [0.15, 0.2) is 0 Å². The first kappa shape index (κ1) is 13.0. The van der Waals surface area contributed by atoms with E-state index in [4.69, 9.17) is 0 Å². The highest BCUT2D eigenvalue weighted by molar-refractivity contribution is 7.98. The number of likely N-dealkylation sites (tertiary alicyclic amines) is 1. The number of hydrogen-bond donors (Lipinski definition) is 0. The normalized spacial score (nSPS) is 22.9. The van der Waals surface area contributed by atoms with Gasteiger partial charge in [-0.1, -0.05) is 6.42 Å². The fourth-order valence-electron chi connectivity index (χ4n) is 2.33. The Kier molecular flexibility index (Phi) is 6.34. The molecule has 0 amide bonds. The van der Waals surface area contributed by atoms with Crippen LogP contribution in [0.3, 0.4) is 0 Å². The smallest absolute Gasteiger partial charge is 0.131 e. The van der Waals surface area contributed by atoms with Gasteiger partial charge in [-0.25, -0.2) is 0 Å². The van der Waals surface area contributed by atoms with Gasteiger partial charge < -0.3 is 0 Å². The molecule has 2 nitrogen and oxygen atoms in total. The van der Waals surface area contributed by atoms with Crippen LogP contribution in [0, 0.1) is 0 Å². The molecule has 0 radical (unpaired) electrons. The van der Waals surface area contributed by atoms with Crippen molar-refractivity contribution >= 4 is 17.5 Å². The fraction of sp³-hybridized carbons (Fsp3) is 0.917. The van der Waals surface area contributed by atoms with Crippen LogP contribution in [0.25, 0.3) is 0 Å². The Morgan fingerprint density at radius 3 is 2.93 bits per heavy atom. The molecule has 1 unspecified atom stereocenters. The van der Waals surface area contributed by atoms with Crippen molar-refractivity contribution in [2.24, 2.45) is 0 Å². The maximum Gasteiger partial charge on any atom is 0.131 e. The van der Waals surface area contributed by atoms with E-state index in [1.807, 2.05) is 11.8 Å². The van der Waals surface area contributed by atoms with Gasteiger partial charge in [-0.05, 0) is 51.3 Å². The van der Waals surface area contributed by atoms with E-state index >= 15 is 0 Å². The molecule has 0 N–H and O–H groups in total. The maximum absolute atomic E-state index is 11.2. The highest BCUT2D eigenvalue weighted by atomic mass is 32.2. The van der Waals surface area contributed by atoms with Crippen LogP contribution >= 0.6 is 11.8 Å². The summed E-state index contributed by atoms with van der Waals surface area (Å²) in [4.78, 5) is 13.7. The average molecular weight is 229 g/mol. The van der Waals surface area contributed by atoms with Gasteiger partial charge in [-0.3, -0.25) is 9.69 Å². The molecule has 1 saturated heterocycles. The Morgan fingerprint density at radius 1 is 1.47 bits per heavy atom. The number of ketones is 1. The summed E-state index contributed by atoms with van der Waals surface area (Å²) in [5.74, 6) is 1.58. The summed E-state index contributed by atoms with van der Waals surface area (Å²) in [6, 6.07) is 0.540. The lowest BCUT2D eigenvalue weighted by Gasteiger charge is -2.35. The molecule has 1 heterocycles. The second kappa shape index (κ2) is 7.29. The summed E-state index contributed by atoms with van der Waals surface area (Å²) in [5.41, 5.74) is 0. The van der Waals surface area contributed by atoms with Crippen LogP contribution in [-0.4, -0.2) is 41.8 Å². The standard InChI is InChI=1S/C12H23NOS/c1-11(14)10-12-6-3-4-7-13(12)8-5-9-15-2/h12H,3-10H2,1-2H3. The molecule has 0 aliphatic carbocycles. The van der Waals surface area contributed by atoms with E-state index in [2.05, 4.69) is 11.2 Å². The largest absolute Gasteiger partial charge is 0.300 e. The Labute approximate surface area is 97.8 Å². The van der Waals surface area contributed by atoms with Crippen molar-refractivity contribution in [2.75, 3.05) is 25.1 Å². The van der Waals surface area contributed by atoms with Gasteiger partial charge in [0.25, 0.3) is 0 Å². The van der Waals surface area contributed by atoms with E-state index in [0.717, 1.165) is 6.42 Å². The van der Waals surface area contributed by atoms with Gasteiger partial charge in [0.05, 0.1) is 0 Å². The lowest BCUT2D eigenvalue weighted by molar-refractivity contribution is -0.118. The van der Waals surface area contributed by atoms with Crippen molar-refractivity contribution in [2.45, 2.75) is 45.1 Å². The number of nitrogens with zero attached hydrogens (tertiary/aromatic N) is 1. The van der Waals surface area contributed by atoms with Crippen LogP contribution in [0.4, 0.5) is 0 Å². The van der Waals surface area contributed by atoms with Gasteiger partial charge in [0.15, 0.2) is 0 Å². The molecule has 0 spiro atoms. The Balaban J connectivity index is 2.32. The predicted molar refractivity (Wildman–Crippen MR) is 67.5 cm³/mol. The molecular weight excluding hydrogens is 206 g/mol. The molecule has 1 aliphatic rings. The van der Waals surface area contributed by atoms with Crippen LogP contribution in [-0.2, 0) is 4.79 Å². The van der Waals surface area contributed by atoms with Gasteiger partial charge in [-0.15, -0.1) is 0 Å². The third-order valence-electron chi connectivity index (χ3n) is 3.07. The van der Waals surface area contributed by atoms with Gasteiger partial charge in [0.2, 0.25) is 0 Å². The highest BCUT2D eigenvalue weighted by Gasteiger charge is 2.22. The van der Waals surface area contributed by atoms with E-state index in [-0.39, 0.29) is 0 Å². The SMILES string of the molecule is CSCCCN1CCCCC1CC(C)=O. The first-order valence-electron chi connectivity index (χ1n) is 5.96. The minimum atomic E-state index is 0.344. The van der Waals surface area contributed by atoms with Gasteiger partial charge in [0.1, 0.15) is 5.78 Å². The molecule has 0 aromatic rings. The van der Waals surface area contributed by atoms with Gasteiger partial charge >= 0.3 is 0 Å². The number of hydrogen-bond acceptors (Lipinski definition) is 3. The Bertz CT molecular complexity index is 196. The number of thioether (sulfide) groups is 1. The fourth-order valence-corrected chi connectivity index (χ4v) is 2.75. The molecule has 3 heteroatoms. The highest BCUT2D eigenvalue weighted by Crippen LogP contribution is 2.20. The molecule has 0 saturated carbocycles. The first-order chi connectivity index (χ1) is 7.24. The van der Waals surface area contributed by atoms with E-state index < -0.39 is 0 Å². The van der Waals surface area contributed by atoms with E-state index in [1.54, 1.807) is 6.92 Å². The summed E-state index contributed by atoms with van der Waals surface area (Å²) >= 11 is 1.91. The van der Waals surface area contributed by atoms with Crippen molar-refractivity contribution in [1.82, 2.24) is 4.90 Å². The van der Waals surface area contributed by atoms with E-state index in [1.165, 1.54) is 44.5 Å². The number of carbonyl (C=O) groups is 1. The van der Waals surface area contributed by atoms with Crippen molar-refractivity contribution in [3.8, 4) is 0 Å². The summed E-state index contributed by atoms with van der Waals surface area (Å²) in [6.07, 6.45) is 8.02. The second-order valence-corrected chi connectivity index (χ2v) is 5.42. The molecule has 0 aromatic carbocycles. The summed E-state index contributed by atoms with van der Waals surface area (Å²) in [5, 5.41) is 0. The zero-order valence-corrected chi connectivity index (χ0v) is 10.8. The van der Waals surface area contributed by atoms with Crippen LogP contribution in [0.1, 0.15) is 39.0 Å². The topological polar surface area (TPSA) is 20.3 Å². The van der Waals surface area contributed by atoms with Crippen molar-refractivity contribution in [3.05, 3.63) is 0 Å². The van der Waals surface area contributed by atoms with Crippen LogP contribution in [0.2, 0.25) is 0 Å². The molecule has 1 aliphatic heterocycles. The number of carbonyl (C=O) groups excluding carboxylic acids is 1. The molecular formula is C12H23NOS. The number of rotatable bonds is 6. The number of Topliss-reactive ketones (excluding diaryl/α,β-unsaturated/α-hetero) is 1. The maximum atomic E-state index is 11.2. The first-order valence-corrected chi connectivity index (χ1v) is 7.36. The van der Waals surface area contributed by atoms with Crippen molar-refractivity contribution in [3.63, 3.8) is 0 Å². The summed E-state index contributed by atoms with van der Waals surface area (Å²) in [6.45, 7) is 4.10. The Morgan fingerprint density at radius 2 is 2.27 bits per heavy atom. The molecule has 1 rings (SSSR count). The second-order valence-electron chi connectivity index (χ2n) is 4.44. The quantitative estimate of drug-likeness (QED) is 0.653. The molecule has 88 valence electrons. The van der Waals surface area contributed by atoms with Gasteiger partial charge in [0, 0.05) is 12.5 Å². The van der Waals surface area contributed by atoms with Crippen LogP contribution in [0.5, 0.6) is 0 Å². The average Bonchev–Trinajstić information content (AvgIpc) is 2.20. The third-order valence-corrected chi connectivity index (χ3v) is 3.76. The number of piperidine rings is 1. The predicted octanol–water partition coefficient (Wildman–Crippen LogP) is 2.57. The van der Waals surface area contributed by atoms with E-state index in [9.17, 15) is 4.79 Å². The lowest BCUT2D eigenvalue weighted by Crippen LogP contribution is -2.41. The molecule has 1 fully saturated rings. The van der Waals surface area contributed by atoms with Crippen molar-refractivity contribution < 1.29 is 4.79 Å². The molecule has 1 atom stereocenters. The lowest BCUT2D eigenvalue weighted by atomic mass is 9.98. The summed E-state index contributed by atoms with van der Waals surface area (Å²) < 4.78 is 0. The zero-order valence-electron chi connectivity index (χ0n) is 10.00. The zero-order chi connectivity index (χ0) is 11.1. The Hall–Kier alpha value is -0.0200. The molecule has 0 bridgehead atoms. The van der Waals surface area contributed by atoms with Crippen LogP contribution < -0.4 is 0 Å². The van der Waals surface area contributed by atoms with Gasteiger partial charge in [-0.2, -0.15) is 11.8 Å². The molecule has 0 aromatic heterocycles. The van der Waals surface area contributed by atoms with Crippen molar-refractivity contribution in [1.29, 1.82) is 0 Å². The minimum Gasteiger partial charge on any atom is -0.300 e. The minimum absolute atomic E-state index is 0.344.